The van der Waals surface area contributed by atoms with Crippen LogP contribution in [-0.2, 0) is 0 Å². The van der Waals surface area contributed by atoms with Crippen molar-refractivity contribution in [3.8, 4) is 17.2 Å². The number of hydrogen-bond donors (Lipinski definition) is 0. The van der Waals surface area contributed by atoms with E-state index >= 15 is 0 Å². The minimum atomic E-state index is 0.713. The normalized spacial score (nSPS) is 10.0. The molecule has 17 heavy (non-hydrogen) atoms. The smallest absolute Gasteiger partial charge is 0.0991 e. The highest BCUT2D eigenvalue weighted by Gasteiger charge is 2.04. The summed E-state index contributed by atoms with van der Waals surface area (Å²) in [7, 11) is 0. The fourth-order valence-corrected chi connectivity index (χ4v) is 2.13. The van der Waals surface area contributed by atoms with Crippen LogP contribution < -0.4 is 0 Å². The first-order valence-corrected chi connectivity index (χ1v) is 5.69. The number of hydrogen-bond acceptors (Lipinski definition) is 1. The lowest BCUT2D eigenvalue weighted by atomic mass is 9.96. The average Bonchev–Trinajstić information content (AvgIpc) is 2.28. The largest absolute Gasteiger partial charge is 0.192 e. The molecule has 1 nitrogen and oxygen atoms in total. The van der Waals surface area contributed by atoms with Crippen LogP contribution in [0.2, 0.25) is 0 Å². The first-order chi connectivity index (χ1) is 8.10. The lowest BCUT2D eigenvalue weighted by Crippen LogP contribution is -1.87. The SMILES string of the molecule is Cc1cc(C)cc(-c2cc(C#N)ccc2C)c1. The van der Waals surface area contributed by atoms with Crippen LogP contribution in [0.15, 0.2) is 36.4 Å². The van der Waals surface area contributed by atoms with E-state index in [1.54, 1.807) is 0 Å². The van der Waals surface area contributed by atoms with E-state index in [2.05, 4.69) is 45.0 Å². The van der Waals surface area contributed by atoms with Gasteiger partial charge in [-0.05, 0) is 49.6 Å². The van der Waals surface area contributed by atoms with Gasteiger partial charge in [0.15, 0.2) is 0 Å². The predicted molar refractivity (Wildman–Crippen MR) is 70.8 cm³/mol. The van der Waals surface area contributed by atoms with Crippen molar-refractivity contribution in [2.75, 3.05) is 0 Å². The zero-order valence-electron chi connectivity index (χ0n) is 10.4. The minimum absolute atomic E-state index is 0.713. The molecular formula is C16H15N. The summed E-state index contributed by atoms with van der Waals surface area (Å²) in [6.07, 6.45) is 0. The standard InChI is InChI=1S/C16H15N/c1-11-6-12(2)8-15(7-11)16-9-14(10-17)5-4-13(16)3/h4-9H,1-3H3. The van der Waals surface area contributed by atoms with Crippen molar-refractivity contribution in [2.24, 2.45) is 0 Å². The summed E-state index contributed by atoms with van der Waals surface area (Å²) in [4.78, 5) is 0. The van der Waals surface area contributed by atoms with E-state index in [0.717, 1.165) is 5.56 Å². The third kappa shape index (κ3) is 2.37. The molecule has 0 aliphatic rings. The van der Waals surface area contributed by atoms with Crippen molar-refractivity contribution >= 4 is 0 Å². The Morgan fingerprint density at radius 3 is 2.12 bits per heavy atom. The second-order valence-electron chi connectivity index (χ2n) is 4.52. The number of rotatable bonds is 1. The van der Waals surface area contributed by atoms with Gasteiger partial charge in [0.05, 0.1) is 11.6 Å². The zero-order valence-corrected chi connectivity index (χ0v) is 10.4. The van der Waals surface area contributed by atoms with Crippen molar-refractivity contribution in [1.29, 1.82) is 5.26 Å². The Labute approximate surface area is 102 Å². The van der Waals surface area contributed by atoms with Crippen LogP contribution >= 0.6 is 0 Å². The number of nitrogens with zero attached hydrogens (tertiary/aromatic N) is 1. The van der Waals surface area contributed by atoms with Crippen LogP contribution in [0.3, 0.4) is 0 Å². The first-order valence-electron chi connectivity index (χ1n) is 5.69. The van der Waals surface area contributed by atoms with E-state index in [0.29, 0.717) is 5.56 Å². The first kappa shape index (κ1) is 11.4. The quantitative estimate of drug-likeness (QED) is 0.709. The molecule has 0 saturated heterocycles. The summed E-state index contributed by atoms with van der Waals surface area (Å²) >= 11 is 0. The highest BCUT2D eigenvalue weighted by molar-refractivity contribution is 5.70. The third-order valence-corrected chi connectivity index (χ3v) is 2.90. The molecule has 2 rings (SSSR count). The molecule has 2 aromatic rings. The lowest BCUT2D eigenvalue weighted by molar-refractivity contribution is 1.36. The highest BCUT2D eigenvalue weighted by atomic mass is 14.2. The number of benzene rings is 2. The fraction of sp³-hybridized carbons (Fsp3) is 0.188. The molecular weight excluding hydrogens is 206 g/mol. The molecule has 0 bridgehead atoms. The number of nitriles is 1. The summed E-state index contributed by atoms with van der Waals surface area (Å²) in [6.45, 7) is 6.27. The lowest BCUT2D eigenvalue weighted by Gasteiger charge is -2.09. The maximum atomic E-state index is 8.96. The maximum absolute atomic E-state index is 8.96. The van der Waals surface area contributed by atoms with Crippen molar-refractivity contribution in [3.63, 3.8) is 0 Å². The highest BCUT2D eigenvalue weighted by Crippen LogP contribution is 2.26. The van der Waals surface area contributed by atoms with E-state index in [9.17, 15) is 0 Å². The molecule has 0 fully saturated rings. The van der Waals surface area contributed by atoms with Crippen LogP contribution in [0, 0.1) is 32.1 Å². The molecule has 1 heteroatoms. The Morgan fingerprint density at radius 1 is 0.882 bits per heavy atom. The van der Waals surface area contributed by atoms with Gasteiger partial charge in [0.1, 0.15) is 0 Å². The van der Waals surface area contributed by atoms with E-state index in [4.69, 9.17) is 5.26 Å². The van der Waals surface area contributed by atoms with Gasteiger partial charge < -0.3 is 0 Å². The van der Waals surface area contributed by atoms with Gasteiger partial charge in [-0.3, -0.25) is 0 Å². The van der Waals surface area contributed by atoms with Gasteiger partial charge in [-0.25, -0.2) is 0 Å². The molecule has 0 heterocycles. The maximum Gasteiger partial charge on any atom is 0.0991 e. The summed E-state index contributed by atoms with van der Waals surface area (Å²) in [5.74, 6) is 0. The molecule has 0 aromatic heterocycles. The Balaban J connectivity index is 2.63. The van der Waals surface area contributed by atoms with Crippen LogP contribution in [0.4, 0.5) is 0 Å². The van der Waals surface area contributed by atoms with Gasteiger partial charge >= 0.3 is 0 Å². The van der Waals surface area contributed by atoms with Crippen molar-refractivity contribution in [3.05, 3.63) is 58.7 Å². The molecule has 84 valence electrons. The fourth-order valence-electron chi connectivity index (χ4n) is 2.13. The van der Waals surface area contributed by atoms with Crippen molar-refractivity contribution < 1.29 is 0 Å². The molecule has 0 radical (unpaired) electrons. The zero-order chi connectivity index (χ0) is 12.4. The topological polar surface area (TPSA) is 23.8 Å². The molecule has 0 amide bonds. The second kappa shape index (κ2) is 4.43. The van der Waals surface area contributed by atoms with Crippen molar-refractivity contribution in [1.82, 2.24) is 0 Å². The minimum Gasteiger partial charge on any atom is -0.192 e. The van der Waals surface area contributed by atoms with Gasteiger partial charge in [0.25, 0.3) is 0 Å². The average molecular weight is 221 g/mol. The van der Waals surface area contributed by atoms with E-state index in [-0.39, 0.29) is 0 Å². The Kier molecular flexibility index (Phi) is 2.97. The molecule has 0 unspecified atom stereocenters. The molecule has 0 aliphatic carbocycles. The van der Waals surface area contributed by atoms with E-state index in [1.165, 1.54) is 22.3 Å². The van der Waals surface area contributed by atoms with Gasteiger partial charge in [-0.2, -0.15) is 5.26 Å². The Hall–Kier alpha value is -2.07. The third-order valence-electron chi connectivity index (χ3n) is 2.90. The van der Waals surface area contributed by atoms with E-state index in [1.807, 2.05) is 18.2 Å². The number of aryl methyl sites for hydroxylation is 3. The molecule has 0 saturated carbocycles. The van der Waals surface area contributed by atoms with Crippen molar-refractivity contribution in [2.45, 2.75) is 20.8 Å². The molecule has 0 atom stereocenters. The summed E-state index contributed by atoms with van der Waals surface area (Å²) in [5, 5.41) is 8.96. The van der Waals surface area contributed by atoms with Crippen LogP contribution in [0.25, 0.3) is 11.1 Å². The predicted octanol–water partition coefficient (Wildman–Crippen LogP) is 4.15. The summed E-state index contributed by atoms with van der Waals surface area (Å²) < 4.78 is 0. The van der Waals surface area contributed by atoms with Crippen LogP contribution in [0.5, 0.6) is 0 Å². The monoisotopic (exact) mass is 221 g/mol. The Morgan fingerprint density at radius 2 is 1.53 bits per heavy atom. The summed E-state index contributed by atoms with van der Waals surface area (Å²) in [5.41, 5.74) is 6.76. The molecule has 0 aliphatic heterocycles. The van der Waals surface area contributed by atoms with Gasteiger partial charge in [0, 0.05) is 0 Å². The van der Waals surface area contributed by atoms with Gasteiger partial charge in [-0.1, -0.05) is 35.4 Å². The van der Waals surface area contributed by atoms with Gasteiger partial charge in [-0.15, -0.1) is 0 Å². The summed E-state index contributed by atoms with van der Waals surface area (Å²) in [6, 6.07) is 14.5. The van der Waals surface area contributed by atoms with Crippen LogP contribution in [0.1, 0.15) is 22.3 Å². The molecule has 0 N–H and O–H groups in total. The van der Waals surface area contributed by atoms with E-state index < -0.39 is 0 Å². The molecule has 0 spiro atoms. The molecule has 2 aromatic carbocycles. The second-order valence-corrected chi connectivity index (χ2v) is 4.52. The Bertz CT molecular complexity index is 583. The van der Waals surface area contributed by atoms with Crippen LogP contribution in [-0.4, -0.2) is 0 Å². The van der Waals surface area contributed by atoms with Gasteiger partial charge in [0.2, 0.25) is 0 Å².